The Kier molecular flexibility index (Phi) is 68.4. The second-order valence-electron chi connectivity index (χ2n) is 29.1. The fourth-order valence-corrected chi connectivity index (χ4v) is 13.6. The van der Waals surface area contributed by atoms with Gasteiger partial charge in [-0.25, -0.2) is 9.13 Å². The van der Waals surface area contributed by atoms with Crippen molar-refractivity contribution >= 4 is 39.5 Å². The molecule has 0 bridgehead atoms. The third-order valence-electron chi connectivity index (χ3n) is 18.2. The largest absolute Gasteiger partial charge is 0.472 e. The molecule has 0 amide bonds. The van der Waals surface area contributed by atoms with E-state index in [4.69, 9.17) is 37.0 Å². The second-order valence-corrected chi connectivity index (χ2v) is 32.0. The Labute approximate surface area is 594 Å². The topological polar surface area (TPSA) is 237 Å². The van der Waals surface area contributed by atoms with Crippen LogP contribution >= 0.6 is 15.6 Å². The normalized spacial score (nSPS) is 14.0. The molecule has 0 aliphatic rings. The molecule has 0 heterocycles. The van der Waals surface area contributed by atoms with E-state index in [1.165, 1.54) is 225 Å². The number of rotatable bonds is 77. The molecular weight excluding hydrogens is 1270 g/mol. The summed E-state index contributed by atoms with van der Waals surface area (Å²) in [6.07, 6.45) is 58.0. The Morgan fingerprint density at radius 1 is 0.278 bits per heavy atom. The number of hydrogen-bond donors (Lipinski definition) is 3. The number of phosphoric acid groups is 2. The van der Waals surface area contributed by atoms with E-state index in [0.29, 0.717) is 25.7 Å². The van der Waals surface area contributed by atoms with Gasteiger partial charge in [0.2, 0.25) is 0 Å². The highest BCUT2D eigenvalue weighted by atomic mass is 31.2. The van der Waals surface area contributed by atoms with Crippen LogP contribution in [0.25, 0.3) is 0 Å². The van der Waals surface area contributed by atoms with Crippen molar-refractivity contribution in [2.24, 2.45) is 11.8 Å². The zero-order valence-corrected chi connectivity index (χ0v) is 65.2. The van der Waals surface area contributed by atoms with Crippen molar-refractivity contribution in [2.75, 3.05) is 39.6 Å². The molecule has 17 nitrogen and oxygen atoms in total. The molecular formula is C78H152O17P2. The van der Waals surface area contributed by atoms with Crippen LogP contribution in [-0.4, -0.2) is 96.7 Å². The highest BCUT2D eigenvalue weighted by molar-refractivity contribution is 7.47. The summed E-state index contributed by atoms with van der Waals surface area (Å²) in [5, 5.41) is 10.6. The quantitative estimate of drug-likeness (QED) is 0.0222. The van der Waals surface area contributed by atoms with Crippen molar-refractivity contribution in [3.8, 4) is 0 Å². The van der Waals surface area contributed by atoms with E-state index in [0.717, 1.165) is 102 Å². The highest BCUT2D eigenvalue weighted by Gasteiger charge is 2.30. The van der Waals surface area contributed by atoms with Gasteiger partial charge in [0, 0.05) is 25.7 Å². The van der Waals surface area contributed by atoms with Crippen LogP contribution in [0.1, 0.15) is 408 Å². The molecule has 576 valence electrons. The number of aliphatic hydroxyl groups is 1. The fraction of sp³-hybridized carbons (Fsp3) is 0.949. The minimum Gasteiger partial charge on any atom is -0.462 e. The first-order valence-electron chi connectivity index (χ1n) is 40.5. The van der Waals surface area contributed by atoms with E-state index >= 15 is 0 Å². The summed E-state index contributed by atoms with van der Waals surface area (Å²) in [5.41, 5.74) is 0. The van der Waals surface area contributed by atoms with Gasteiger partial charge in [-0.3, -0.25) is 37.3 Å². The molecule has 0 spiro atoms. The maximum atomic E-state index is 13.1. The van der Waals surface area contributed by atoms with Crippen LogP contribution in [0.2, 0.25) is 0 Å². The van der Waals surface area contributed by atoms with Gasteiger partial charge in [-0.1, -0.05) is 356 Å². The van der Waals surface area contributed by atoms with Gasteiger partial charge in [-0.15, -0.1) is 0 Å². The molecule has 0 aromatic rings. The van der Waals surface area contributed by atoms with Crippen LogP contribution in [0.5, 0.6) is 0 Å². The zero-order valence-electron chi connectivity index (χ0n) is 63.4. The number of unbranched alkanes of at least 4 members (excludes halogenated alkanes) is 47. The second kappa shape index (κ2) is 69.8. The van der Waals surface area contributed by atoms with Gasteiger partial charge in [0.15, 0.2) is 12.2 Å². The summed E-state index contributed by atoms with van der Waals surface area (Å²) in [7, 11) is -9.92. The fourth-order valence-electron chi connectivity index (χ4n) is 12.0. The summed E-state index contributed by atoms with van der Waals surface area (Å²) in [6.45, 7) is 9.63. The smallest absolute Gasteiger partial charge is 0.462 e. The maximum Gasteiger partial charge on any atom is 0.472 e. The Balaban J connectivity index is 5.27. The minimum atomic E-state index is -4.96. The molecule has 0 aromatic heterocycles. The molecule has 0 aliphatic carbocycles. The molecule has 0 aromatic carbocycles. The lowest BCUT2D eigenvalue weighted by Gasteiger charge is -2.21. The van der Waals surface area contributed by atoms with Crippen LogP contribution in [-0.2, 0) is 65.4 Å². The van der Waals surface area contributed by atoms with Crippen LogP contribution < -0.4 is 0 Å². The van der Waals surface area contributed by atoms with Gasteiger partial charge in [0.25, 0.3) is 0 Å². The van der Waals surface area contributed by atoms with Gasteiger partial charge in [0.1, 0.15) is 19.3 Å². The Morgan fingerprint density at radius 2 is 0.474 bits per heavy atom. The average molecular weight is 1420 g/mol. The standard InChI is InChI=1S/C78H152O17P2/c1-7-9-11-13-15-17-19-21-25-29-36-42-48-54-60-75(80)88-66-73(94-78(83)63-57-51-45-39-31-27-23-24-28-34-40-46-52-58-70(3)4)68-92-96(84,85)90-64-72(79)65-91-97(86,87)93-69-74(67-89-76(81)61-55-49-43-37-33-32-35-41-47-53-59-71(5)6)95-77(82)62-56-50-44-38-30-26-22-20-18-16-14-12-10-8-2/h70-74,79H,7-69H2,1-6H3,(H,84,85)(H,86,87)/t72-,73-,74-/m1/s1. The average Bonchev–Trinajstić information content (AvgIpc) is 0.996. The summed E-state index contributed by atoms with van der Waals surface area (Å²) in [4.78, 5) is 73.0. The highest BCUT2D eigenvalue weighted by Crippen LogP contribution is 2.45. The van der Waals surface area contributed by atoms with Gasteiger partial charge < -0.3 is 33.8 Å². The molecule has 0 fully saturated rings. The number of phosphoric ester groups is 2. The van der Waals surface area contributed by atoms with Crippen molar-refractivity contribution in [1.29, 1.82) is 0 Å². The van der Waals surface area contributed by atoms with E-state index < -0.39 is 97.5 Å². The Bertz CT molecular complexity index is 1870. The van der Waals surface area contributed by atoms with Crippen molar-refractivity contribution < 1.29 is 80.2 Å². The van der Waals surface area contributed by atoms with E-state index in [-0.39, 0.29) is 25.7 Å². The Hall–Kier alpha value is -1.94. The molecule has 0 saturated carbocycles. The van der Waals surface area contributed by atoms with E-state index in [1.807, 2.05) is 0 Å². The van der Waals surface area contributed by atoms with Crippen LogP contribution in [0.3, 0.4) is 0 Å². The molecule has 97 heavy (non-hydrogen) atoms. The van der Waals surface area contributed by atoms with Crippen molar-refractivity contribution in [3.63, 3.8) is 0 Å². The molecule has 3 N–H and O–H groups in total. The number of ether oxygens (including phenoxy) is 4. The lowest BCUT2D eigenvalue weighted by molar-refractivity contribution is -0.161. The number of aliphatic hydroxyl groups excluding tert-OH is 1. The van der Waals surface area contributed by atoms with Crippen LogP contribution in [0.15, 0.2) is 0 Å². The van der Waals surface area contributed by atoms with Crippen molar-refractivity contribution in [2.45, 2.75) is 426 Å². The summed E-state index contributed by atoms with van der Waals surface area (Å²) in [5.74, 6) is -0.564. The molecule has 5 atom stereocenters. The first kappa shape index (κ1) is 95.1. The minimum absolute atomic E-state index is 0.108. The van der Waals surface area contributed by atoms with E-state index in [1.54, 1.807) is 0 Å². The number of carbonyl (C=O) groups is 4. The lowest BCUT2D eigenvalue weighted by atomic mass is 10.0. The predicted octanol–water partition coefficient (Wildman–Crippen LogP) is 23.1. The molecule has 2 unspecified atom stereocenters. The third-order valence-corrected chi connectivity index (χ3v) is 20.1. The summed E-state index contributed by atoms with van der Waals surface area (Å²) < 4.78 is 68.7. The van der Waals surface area contributed by atoms with Crippen LogP contribution in [0.4, 0.5) is 0 Å². The van der Waals surface area contributed by atoms with E-state index in [9.17, 15) is 43.2 Å². The summed E-state index contributed by atoms with van der Waals surface area (Å²) in [6, 6.07) is 0. The summed E-state index contributed by atoms with van der Waals surface area (Å²) >= 11 is 0. The predicted molar refractivity (Wildman–Crippen MR) is 395 cm³/mol. The van der Waals surface area contributed by atoms with Crippen molar-refractivity contribution in [3.05, 3.63) is 0 Å². The van der Waals surface area contributed by atoms with Gasteiger partial charge in [0.05, 0.1) is 26.4 Å². The van der Waals surface area contributed by atoms with Gasteiger partial charge in [-0.2, -0.15) is 0 Å². The lowest BCUT2D eigenvalue weighted by Crippen LogP contribution is -2.30. The first-order valence-corrected chi connectivity index (χ1v) is 43.5. The van der Waals surface area contributed by atoms with Gasteiger partial charge in [-0.05, 0) is 37.5 Å². The molecule has 0 rings (SSSR count). The molecule has 0 radical (unpaired) electrons. The number of hydrogen-bond acceptors (Lipinski definition) is 15. The zero-order chi connectivity index (χ0) is 71.4. The third kappa shape index (κ3) is 72.2. The molecule has 0 aliphatic heterocycles. The van der Waals surface area contributed by atoms with Gasteiger partial charge >= 0.3 is 39.5 Å². The van der Waals surface area contributed by atoms with Crippen LogP contribution in [0, 0.1) is 11.8 Å². The molecule has 19 heteroatoms. The SMILES string of the molecule is CCCCCCCCCCCCCCCCC(=O)OC[C@H](COP(=O)(O)OC[C@@H](O)COP(=O)(O)OC[C@@H](COC(=O)CCCCCCCCCCCCC(C)C)OC(=O)CCCCCCCCCCCCCCCC)OC(=O)CCCCCCCCCCCCCCCC(C)C. The number of carbonyl (C=O) groups excluding carboxylic acids is 4. The number of esters is 4. The molecule has 0 saturated heterocycles. The van der Waals surface area contributed by atoms with E-state index in [2.05, 4.69) is 41.5 Å². The monoisotopic (exact) mass is 1420 g/mol. The first-order chi connectivity index (χ1) is 46.9. The van der Waals surface area contributed by atoms with Crippen molar-refractivity contribution in [1.82, 2.24) is 0 Å². The maximum absolute atomic E-state index is 13.1. The Morgan fingerprint density at radius 3 is 0.701 bits per heavy atom.